The normalized spacial score (nSPS) is 18.8. The van der Waals surface area contributed by atoms with E-state index >= 15 is 0 Å². The van der Waals surface area contributed by atoms with Crippen molar-refractivity contribution >= 4 is 17.3 Å². The number of benzene rings is 1. The number of rotatable bonds is 5. The first-order valence-electron chi connectivity index (χ1n) is 10.6. The fourth-order valence-electron chi connectivity index (χ4n) is 4.59. The lowest BCUT2D eigenvalue weighted by Gasteiger charge is -2.28. The van der Waals surface area contributed by atoms with Crippen molar-refractivity contribution in [3.8, 4) is 5.69 Å². The zero-order valence-corrected chi connectivity index (χ0v) is 19.0. The fraction of sp³-hybridized carbons (Fsp3) is 0.333. The minimum Gasteiger partial charge on any atom is -0.352 e. The molecule has 0 bridgehead atoms. The lowest BCUT2D eigenvalue weighted by molar-refractivity contribution is -0.137. The van der Waals surface area contributed by atoms with Crippen molar-refractivity contribution in [2.24, 2.45) is 0 Å². The van der Waals surface area contributed by atoms with Crippen LogP contribution in [0.1, 0.15) is 53.6 Å². The van der Waals surface area contributed by atoms with Crippen LogP contribution >= 0.6 is 12.2 Å². The van der Waals surface area contributed by atoms with Gasteiger partial charge in [0.1, 0.15) is 0 Å². The number of pyridine rings is 1. The number of para-hydroxylation sites is 1. The van der Waals surface area contributed by atoms with E-state index in [-0.39, 0.29) is 17.8 Å². The van der Waals surface area contributed by atoms with E-state index < -0.39 is 11.7 Å². The molecule has 168 valence electrons. The van der Waals surface area contributed by atoms with E-state index in [1.54, 1.807) is 16.8 Å². The molecular weight excluding hydrogens is 433 g/mol. The van der Waals surface area contributed by atoms with E-state index in [9.17, 15) is 13.2 Å². The number of alkyl halides is 3. The Morgan fingerprint density at radius 3 is 2.47 bits per heavy atom. The fourth-order valence-corrected chi connectivity index (χ4v) is 4.92. The van der Waals surface area contributed by atoms with E-state index in [1.165, 1.54) is 12.1 Å². The predicted molar refractivity (Wildman–Crippen MR) is 123 cm³/mol. The Labute approximate surface area is 191 Å². The molecule has 4 nitrogen and oxygen atoms in total. The van der Waals surface area contributed by atoms with Gasteiger partial charge in [0.2, 0.25) is 0 Å². The number of thiocarbonyl (C=S) groups is 1. The summed E-state index contributed by atoms with van der Waals surface area (Å²) < 4.78 is 42.9. The van der Waals surface area contributed by atoms with Gasteiger partial charge in [-0.15, -0.1) is 0 Å². The van der Waals surface area contributed by atoms with Crippen LogP contribution in [0.2, 0.25) is 0 Å². The largest absolute Gasteiger partial charge is 0.418 e. The van der Waals surface area contributed by atoms with Crippen molar-refractivity contribution in [3.05, 3.63) is 82.9 Å². The zero-order chi connectivity index (χ0) is 23.0. The molecule has 0 saturated carbocycles. The van der Waals surface area contributed by atoms with E-state index in [1.807, 2.05) is 38.1 Å². The Bertz CT molecular complexity index is 1120. The predicted octanol–water partition coefficient (Wildman–Crippen LogP) is 5.89. The topological polar surface area (TPSA) is 33.1 Å². The molecule has 1 fully saturated rings. The molecule has 2 aromatic heterocycles. The Hall–Kier alpha value is -2.87. The quantitative estimate of drug-likeness (QED) is 0.484. The lowest BCUT2D eigenvalue weighted by atomic mass is 9.96. The van der Waals surface area contributed by atoms with Crippen LogP contribution in [-0.4, -0.2) is 26.1 Å². The van der Waals surface area contributed by atoms with Crippen molar-refractivity contribution in [2.75, 3.05) is 6.54 Å². The van der Waals surface area contributed by atoms with Gasteiger partial charge in [-0.1, -0.05) is 25.1 Å². The first-order valence-corrected chi connectivity index (χ1v) is 11.0. The summed E-state index contributed by atoms with van der Waals surface area (Å²) in [6.07, 6.45) is -1.81. The molecule has 4 rings (SSSR count). The summed E-state index contributed by atoms with van der Waals surface area (Å²) in [6, 6.07) is 13.0. The highest BCUT2D eigenvalue weighted by Gasteiger charge is 2.41. The number of nitrogens with one attached hydrogen (secondary N) is 1. The third-order valence-electron chi connectivity index (χ3n) is 5.90. The lowest BCUT2D eigenvalue weighted by Crippen LogP contribution is -2.30. The molecule has 0 radical (unpaired) electrons. The summed E-state index contributed by atoms with van der Waals surface area (Å²) in [6.45, 7) is 6.53. The molecule has 1 saturated heterocycles. The van der Waals surface area contributed by atoms with Gasteiger partial charge < -0.3 is 14.8 Å². The molecule has 1 aliphatic heterocycles. The van der Waals surface area contributed by atoms with Crippen LogP contribution in [0.15, 0.2) is 54.7 Å². The second kappa shape index (κ2) is 8.58. The molecule has 1 aliphatic rings. The summed E-state index contributed by atoms with van der Waals surface area (Å²) in [5.74, 6) is 0. The van der Waals surface area contributed by atoms with Crippen LogP contribution in [0.4, 0.5) is 13.2 Å². The minimum atomic E-state index is -4.44. The standard InChI is InChI=1S/C24H25F3N4S/c1-4-13-30-22(21(29-23(30)32)19-10-7-8-12-28-19)17-14-15(2)31(16(17)3)20-11-6-5-9-18(20)24(25,26)27/h5-12,14,21-22H,4,13H2,1-3H3,(H,29,32)/t21-,22-/m0/s1. The van der Waals surface area contributed by atoms with Crippen molar-refractivity contribution < 1.29 is 13.2 Å². The second-order valence-corrected chi connectivity index (χ2v) is 8.38. The summed E-state index contributed by atoms with van der Waals surface area (Å²) in [5, 5.41) is 4.02. The average Bonchev–Trinajstić information content (AvgIpc) is 3.24. The van der Waals surface area contributed by atoms with Crippen molar-refractivity contribution in [1.82, 2.24) is 19.8 Å². The van der Waals surface area contributed by atoms with Crippen LogP contribution in [0.5, 0.6) is 0 Å². The maximum Gasteiger partial charge on any atom is 0.418 e. The van der Waals surface area contributed by atoms with Gasteiger partial charge in [-0.25, -0.2) is 0 Å². The molecule has 0 aliphatic carbocycles. The van der Waals surface area contributed by atoms with Gasteiger partial charge in [0, 0.05) is 24.1 Å². The van der Waals surface area contributed by atoms with Crippen LogP contribution < -0.4 is 5.32 Å². The summed E-state index contributed by atoms with van der Waals surface area (Å²) >= 11 is 5.64. The Balaban J connectivity index is 1.87. The summed E-state index contributed by atoms with van der Waals surface area (Å²) in [4.78, 5) is 6.65. The van der Waals surface area contributed by atoms with Crippen molar-refractivity contribution in [3.63, 3.8) is 0 Å². The molecule has 32 heavy (non-hydrogen) atoms. The summed E-state index contributed by atoms with van der Waals surface area (Å²) in [7, 11) is 0. The monoisotopic (exact) mass is 458 g/mol. The molecule has 3 aromatic rings. The number of halogens is 3. The Kier molecular flexibility index (Phi) is 5.99. The SMILES string of the molecule is CCCN1C(=S)N[C@@H](c2ccccn2)[C@@H]1c1cc(C)n(-c2ccccc2C(F)(F)F)c1C. The highest BCUT2D eigenvalue weighted by atomic mass is 32.1. The maximum absolute atomic E-state index is 13.7. The number of hydrogen-bond acceptors (Lipinski definition) is 2. The molecule has 1 aromatic carbocycles. The van der Waals surface area contributed by atoms with Gasteiger partial charge in [0.05, 0.1) is 29.0 Å². The molecule has 2 atom stereocenters. The zero-order valence-electron chi connectivity index (χ0n) is 18.1. The van der Waals surface area contributed by atoms with Gasteiger partial charge in [0.15, 0.2) is 5.11 Å². The van der Waals surface area contributed by atoms with Gasteiger partial charge in [-0.3, -0.25) is 4.98 Å². The highest BCUT2D eigenvalue weighted by Crippen LogP contribution is 2.42. The molecule has 3 heterocycles. The maximum atomic E-state index is 13.7. The third kappa shape index (κ3) is 3.88. The molecule has 8 heteroatoms. The number of hydrogen-bond donors (Lipinski definition) is 1. The summed E-state index contributed by atoms with van der Waals surface area (Å²) in [5.41, 5.74) is 2.77. The number of aromatic nitrogens is 2. The smallest absolute Gasteiger partial charge is 0.352 e. The van der Waals surface area contributed by atoms with Crippen LogP contribution in [-0.2, 0) is 6.18 Å². The van der Waals surface area contributed by atoms with Crippen molar-refractivity contribution in [1.29, 1.82) is 0 Å². The number of aryl methyl sites for hydroxylation is 1. The van der Waals surface area contributed by atoms with E-state index in [2.05, 4.69) is 22.1 Å². The Morgan fingerprint density at radius 2 is 1.81 bits per heavy atom. The van der Waals surface area contributed by atoms with Gasteiger partial charge in [-0.2, -0.15) is 13.2 Å². The van der Waals surface area contributed by atoms with E-state index in [0.717, 1.165) is 41.7 Å². The molecule has 0 unspecified atom stereocenters. The molecule has 0 amide bonds. The van der Waals surface area contributed by atoms with E-state index in [0.29, 0.717) is 5.11 Å². The number of nitrogens with zero attached hydrogens (tertiary/aromatic N) is 3. The van der Waals surface area contributed by atoms with E-state index in [4.69, 9.17) is 12.2 Å². The van der Waals surface area contributed by atoms with Crippen LogP contribution in [0.3, 0.4) is 0 Å². The highest BCUT2D eigenvalue weighted by molar-refractivity contribution is 7.80. The van der Waals surface area contributed by atoms with Crippen LogP contribution in [0.25, 0.3) is 5.69 Å². The van der Waals surface area contributed by atoms with Gasteiger partial charge in [-0.05, 0) is 68.4 Å². The third-order valence-corrected chi connectivity index (χ3v) is 6.25. The van der Waals surface area contributed by atoms with Crippen molar-refractivity contribution in [2.45, 2.75) is 45.5 Å². The van der Waals surface area contributed by atoms with Gasteiger partial charge >= 0.3 is 6.18 Å². The van der Waals surface area contributed by atoms with Gasteiger partial charge in [0.25, 0.3) is 0 Å². The molecule has 0 spiro atoms. The first-order chi connectivity index (χ1) is 15.2. The first kappa shape index (κ1) is 22.3. The van der Waals surface area contributed by atoms with Crippen LogP contribution in [0, 0.1) is 13.8 Å². The molecule has 1 N–H and O–H groups in total. The molecular formula is C24H25F3N4S. The Morgan fingerprint density at radius 1 is 1.09 bits per heavy atom. The average molecular weight is 459 g/mol. The minimum absolute atomic E-state index is 0.131. The second-order valence-electron chi connectivity index (χ2n) is 8.00.